The monoisotopic (exact) mass is 342 g/mol. The smallest absolute Gasteiger partial charge is 0.370 e. The van der Waals surface area contributed by atoms with Crippen LogP contribution in [-0.2, 0) is 0 Å². The van der Waals surface area contributed by atoms with Crippen LogP contribution in [0.5, 0.6) is 0 Å². The molecular weight excluding hydrogens is 325 g/mol. The lowest BCUT2D eigenvalue weighted by atomic mass is 10.0. The molecule has 3 N–H and O–H groups in total. The SMILES string of the molecule is Cc1cc([C@H](Nc2cccc([C@H](C)N)c2)C(F)(F)F)ccc1Cl. The molecular formula is C17H18ClF3N2. The first kappa shape index (κ1) is 17.6. The van der Waals surface area contributed by atoms with Crippen molar-refractivity contribution < 1.29 is 13.2 Å². The van der Waals surface area contributed by atoms with Gasteiger partial charge in [0.2, 0.25) is 0 Å². The van der Waals surface area contributed by atoms with Crippen molar-refractivity contribution in [3.05, 3.63) is 64.2 Å². The van der Waals surface area contributed by atoms with Gasteiger partial charge in [0.1, 0.15) is 6.04 Å². The van der Waals surface area contributed by atoms with E-state index in [9.17, 15) is 13.2 Å². The van der Waals surface area contributed by atoms with Gasteiger partial charge in [-0.1, -0.05) is 35.9 Å². The zero-order valence-corrected chi connectivity index (χ0v) is 13.5. The van der Waals surface area contributed by atoms with Crippen molar-refractivity contribution in [1.29, 1.82) is 0 Å². The summed E-state index contributed by atoms with van der Waals surface area (Å²) in [5.41, 5.74) is 7.64. The highest BCUT2D eigenvalue weighted by molar-refractivity contribution is 6.31. The number of halogens is 4. The summed E-state index contributed by atoms with van der Waals surface area (Å²) in [4.78, 5) is 0. The third kappa shape index (κ3) is 4.39. The lowest BCUT2D eigenvalue weighted by Crippen LogP contribution is -2.28. The Morgan fingerprint density at radius 1 is 1.09 bits per heavy atom. The van der Waals surface area contributed by atoms with Crippen LogP contribution in [0.2, 0.25) is 5.02 Å². The first-order chi connectivity index (χ1) is 10.7. The number of anilines is 1. The minimum atomic E-state index is -4.44. The van der Waals surface area contributed by atoms with Gasteiger partial charge in [-0.3, -0.25) is 0 Å². The Balaban J connectivity index is 2.37. The molecule has 0 radical (unpaired) electrons. The summed E-state index contributed by atoms with van der Waals surface area (Å²) in [7, 11) is 0. The van der Waals surface area contributed by atoms with Gasteiger partial charge < -0.3 is 11.1 Å². The minimum absolute atomic E-state index is 0.116. The molecule has 0 bridgehead atoms. The van der Waals surface area contributed by atoms with E-state index in [2.05, 4.69) is 5.32 Å². The van der Waals surface area contributed by atoms with E-state index in [0.29, 0.717) is 16.3 Å². The fourth-order valence-corrected chi connectivity index (χ4v) is 2.40. The van der Waals surface area contributed by atoms with Crippen molar-refractivity contribution in [3.63, 3.8) is 0 Å². The number of hydrogen-bond donors (Lipinski definition) is 2. The predicted octanol–water partition coefficient (Wildman–Crippen LogP) is 5.38. The normalized spacial score (nSPS) is 14.4. The van der Waals surface area contributed by atoms with E-state index >= 15 is 0 Å². The van der Waals surface area contributed by atoms with Crippen LogP contribution in [0.15, 0.2) is 42.5 Å². The molecule has 6 heteroatoms. The first-order valence-corrected chi connectivity index (χ1v) is 7.51. The number of benzene rings is 2. The maximum Gasteiger partial charge on any atom is 0.412 e. The third-order valence-electron chi connectivity index (χ3n) is 3.57. The summed E-state index contributed by atoms with van der Waals surface area (Å²) in [6, 6.07) is 8.93. The molecule has 0 aromatic heterocycles. The average Bonchev–Trinajstić information content (AvgIpc) is 2.47. The number of aryl methyl sites for hydroxylation is 1. The summed E-state index contributed by atoms with van der Waals surface area (Å²) in [5, 5.41) is 2.99. The third-order valence-corrected chi connectivity index (χ3v) is 3.99. The van der Waals surface area contributed by atoms with Crippen molar-refractivity contribution in [3.8, 4) is 0 Å². The van der Waals surface area contributed by atoms with Crippen molar-refractivity contribution in [2.45, 2.75) is 32.1 Å². The van der Waals surface area contributed by atoms with E-state index in [-0.39, 0.29) is 11.6 Å². The highest BCUT2D eigenvalue weighted by Crippen LogP contribution is 2.37. The quantitative estimate of drug-likeness (QED) is 0.782. The van der Waals surface area contributed by atoms with Gasteiger partial charge >= 0.3 is 6.18 Å². The van der Waals surface area contributed by atoms with E-state index < -0.39 is 12.2 Å². The van der Waals surface area contributed by atoms with Gasteiger partial charge in [0.15, 0.2) is 0 Å². The number of nitrogens with two attached hydrogens (primary N) is 1. The van der Waals surface area contributed by atoms with Gasteiger partial charge in [0, 0.05) is 16.8 Å². The van der Waals surface area contributed by atoms with Gasteiger partial charge in [-0.15, -0.1) is 0 Å². The molecule has 0 aliphatic carbocycles. The molecule has 0 heterocycles. The van der Waals surface area contributed by atoms with Crippen LogP contribution >= 0.6 is 11.6 Å². The molecule has 2 aromatic rings. The largest absolute Gasteiger partial charge is 0.412 e. The van der Waals surface area contributed by atoms with Crippen LogP contribution in [-0.4, -0.2) is 6.18 Å². The zero-order chi connectivity index (χ0) is 17.2. The lowest BCUT2D eigenvalue weighted by molar-refractivity contribution is -0.144. The van der Waals surface area contributed by atoms with Crippen LogP contribution in [0.25, 0.3) is 0 Å². The number of nitrogens with one attached hydrogen (secondary N) is 1. The Morgan fingerprint density at radius 3 is 2.35 bits per heavy atom. The van der Waals surface area contributed by atoms with Gasteiger partial charge in [0.25, 0.3) is 0 Å². The first-order valence-electron chi connectivity index (χ1n) is 7.13. The van der Waals surface area contributed by atoms with E-state index in [0.717, 1.165) is 5.56 Å². The van der Waals surface area contributed by atoms with Gasteiger partial charge in [0.05, 0.1) is 0 Å². The summed E-state index contributed by atoms with van der Waals surface area (Å²) in [6.45, 7) is 3.46. The highest BCUT2D eigenvalue weighted by Gasteiger charge is 2.41. The Bertz CT molecular complexity index is 684. The lowest BCUT2D eigenvalue weighted by Gasteiger charge is -2.24. The van der Waals surface area contributed by atoms with E-state index in [1.807, 2.05) is 0 Å². The molecule has 0 unspecified atom stereocenters. The van der Waals surface area contributed by atoms with Crippen LogP contribution < -0.4 is 11.1 Å². The van der Waals surface area contributed by atoms with Crippen LogP contribution in [0.1, 0.15) is 35.7 Å². The number of hydrogen-bond acceptors (Lipinski definition) is 2. The standard InChI is InChI=1S/C17H18ClF3N2/c1-10-8-13(6-7-15(10)18)16(17(19,20)21)23-14-5-3-4-12(9-14)11(2)22/h3-9,11,16,23H,22H2,1-2H3/t11-,16-/m0/s1. The summed E-state index contributed by atoms with van der Waals surface area (Å²) >= 11 is 5.90. The van der Waals surface area contributed by atoms with Gasteiger partial charge in [-0.05, 0) is 48.7 Å². The van der Waals surface area contributed by atoms with Crippen molar-refractivity contribution >= 4 is 17.3 Å². The van der Waals surface area contributed by atoms with Crippen LogP contribution in [0.4, 0.5) is 18.9 Å². The second-order valence-electron chi connectivity index (χ2n) is 5.54. The highest BCUT2D eigenvalue weighted by atomic mass is 35.5. The predicted molar refractivity (Wildman–Crippen MR) is 87.7 cm³/mol. The van der Waals surface area contributed by atoms with Crippen molar-refractivity contribution in [1.82, 2.24) is 0 Å². The second kappa shape index (κ2) is 6.81. The molecule has 0 amide bonds. The van der Waals surface area contributed by atoms with E-state index in [1.54, 1.807) is 38.1 Å². The molecule has 0 aliphatic rings. The number of rotatable bonds is 4. The number of alkyl halides is 3. The molecule has 0 aliphatic heterocycles. The fraction of sp³-hybridized carbons (Fsp3) is 0.294. The molecule has 2 atom stereocenters. The second-order valence-corrected chi connectivity index (χ2v) is 5.95. The molecule has 124 valence electrons. The van der Waals surface area contributed by atoms with Gasteiger partial charge in [-0.25, -0.2) is 0 Å². The topological polar surface area (TPSA) is 38.0 Å². The van der Waals surface area contributed by atoms with Gasteiger partial charge in [-0.2, -0.15) is 13.2 Å². The molecule has 2 nitrogen and oxygen atoms in total. The van der Waals surface area contributed by atoms with Crippen LogP contribution in [0.3, 0.4) is 0 Å². The van der Waals surface area contributed by atoms with E-state index in [1.165, 1.54) is 18.2 Å². The Hall–Kier alpha value is -1.72. The maximum absolute atomic E-state index is 13.5. The molecule has 0 saturated heterocycles. The molecule has 0 saturated carbocycles. The molecule has 23 heavy (non-hydrogen) atoms. The zero-order valence-electron chi connectivity index (χ0n) is 12.8. The average molecular weight is 343 g/mol. The minimum Gasteiger partial charge on any atom is -0.370 e. The Labute approximate surface area is 138 Å². The van der Waals surface area contributed by atoms with Crippen molar-refractivity contribution in [2.75, 3.05) is 5.32 Å². The van der Waals surface area contributed by atoms with E-state index in [4.69, 9.17) is 17.3 Å². The fourth-order valence-electron chi connectivity index (χ4n) is 2.28. The summed E-state index contributed by atoms with van der Waals surface area (Å²) in [6.07, 6.45) is -4.44. The summed E-state index contributed by atoms with van der Waals surface area (Å²) in [5.74, 6) is 0. The molecule has 0 fully saturated rings. The maximum atomic E-state index is 13.5. The molecule has 2 rings (SSSR count). The Kier molecular flexibility index (Phi) is 5.22. The molecule has 2 aromatic carbocycles. The molecule has 0 spiro atoms. The van der Waals surface area contributed by atoms with Crippen LogP contribution in [0, 0.1) is 6.92 Å². The Morgan fingerprint density at radius 2 is 1.78 bits per heavy atom. The summed E-state index contributed by atoms with van der Waals surface area (Å²) < 4.78 is 40.4. The van der Waals surface area contributed by atoms with Crippen molar-refractivity contribution in [2.24, 2.45) is 5.73 Å².